The van der Waals surface area contributed by atoms with Crippen molar-refractivity contribution in [2.24, 2.45) is 0 Å². The summed E-state index contributed by atoms with van der Waals surface area (Å²) < 4.78 is 5.32. The second-order valence-electron chi connectivity index (χ2n) is 6.31. The van der Waals surface area contributed by atoms with Gasteiger partial charge in [0.05, 0.1) is 25.4 Å². The lowest BCUT2D eigenvalue weighted by Gasteiger charge is -2.25. The van der Waals surface area contributed by atoms with Gasteiger partial charge in [-0.2, -0.15) is 0 Å². The molecule has 3 nitrogen and oxygen atoms in total. The summed E-state index contributed by atoms with van der Waals surface area (Å²) in [5.41, 5.74) is 2.81. The molecule has 1 saturated heterocycles. The molecule has 1 N–H and O–H groups in total. The highest BCUT2D eigenvalue weighted by Crippen LogP contribution is 2.34. The fourth-order valence-corrected chi connectivity index (χ4v) is 3.51. The maximum atomic E-state index is 9.86. The van der Waals surface area contributed by atoms with E-state index in [1.807, 2.05) is 0 Å². The third-order valence-electron chi connectivity index (χ3n) is 4.83. The maximum absolute atomic E-state index is 9.86. The van der Waals surface area contributed by atoms with Gasteiger partial charge in [-0.25, -0.2) is 0 Å². The molecular weight excluding hydrogens is 250 g/mol. The Morgan fingerprint density at radius 2 is 1.85 bits per heavy atom. The van der Waals surface area contributed by atoms with E-state index in [4.69, 9.17) is 4.74 Å². The van der Waals surface area contributed by atoms with Gasteiger partial charge in [0.25, 0.3) is 0 Å². The fraction of sp³-hybridized carbons (Fsp3) is 0.647. The molecule has 110 valence electrons. The largest absolute Gasteiger partial charge is 0.389 e. The summed E-state index contributed by atoms with van der Waals surface area (Å²) >= 11 is 0. The molecule has 1 aliphatic heterocycles. The number of benzene rings is 1. The van der Waals surface area contributed by atoms with Gasteiger partial charge in [0.1, 0.15) is 0 Å². The molecule has 2 atom stereocenters. The Hall–Kier alpha value is -0.900. The molecule has 0 unspecified atom stereocenters. The zero-order valence-electron chi connectivity index (χ0n) is 12.3. The zero-order chi connectivity index (χ0) is 13.9. The molecule has 0 bridgehead atoms. The van der Waals surface area contributed by atoms with Crippen molar-refractivity contribution in [2.45, 2.75) is 50.3 Å². The Labute approximate surface area is 121 Å². The monoisotopic (exact) mass is 275 g/mol. The average molecular weight is 275 g/mol. The lowest BCUT2D eigenvalue weighted by Crippen LogP contribution is -2.39. The van der Waals surface area contributed by atoms with Crippen molar-refractivity contribution in [3.63, 3.8) is 0 Å². The summed E-state index contributed by atoms with van der Waals surface area (Å²) in [4.78, 5) is 2.20. The molecule has 1 aromatic carbocycles. The van der Waals surface area contributed by atoms with Crippen molar-refractivity contribution in [1.82, 2.24) is 4.90 Å². The Balaban J connectivity index is 1.60. The van der Waals surface area contributed by atoms with Crippen LogP contribution in [0.3, 0.4) is 0 Å². The minimum absolute atomic E-state index is 0.129. The standard InChI is InChI=1S/C17H25NO2/c1-18(16-11-20-12-17(16)19)10-13-6-8-15(9-7-13)14-4-2-3-5-14/h6-9,14,16-17,19H,2-5,10-12H2,1H3/t16-,17-/m1/s1. The summed E-state index contributed by atoms with van der Waals surface area (Å²) in [6.45, 7) is 1.98. The van der Waals surface area contributed by atoms with Gasteiger partial charge < -0.3 is 9.84 Å². The van der Waals surface area contributed by atoms with Gasteiger partial charge in [-0.15, -0.1) is 0 Å². The molecule has 0 spiro atoms. The van der Waals surface area contributed by atoms with Gasteiger partial charge in [-0.1, -0.05) is 37.1 Å². The first-order valence-corrected chi connectivity index (χ1v) is 7.79. The van der Waals surface area contributed by atoms with Crippen LogP contribution in [-0.2, 0) is 11.3 Å². The molecule has 2 aliphatic rings. The Kier molecular flexibility index (Phi) is 4.39. The number of hydrogen-bond acceptors (Lipinski definition) is 3. The number of ether oxygens (including phenoxy) is 1. The molecule has 3 heteroatoms. The van der Waals surface area contributed by atoms with Gasteiger partial charge in [-0.3, -0.25) is 4.90 Å². The van der Waals surface area contributed by atoms with E-state index < -0.39 is 0 Å². The number of likely N-dealkylation sites (N-methyl/N-ethyl adjacent to an activating group) is 1. The molecule has 2 fully saturated rings. The van der Waals surface area contributed by atoms with Crippen molar-refractivity contribution in [1.29, 1.82) is 0 Å². The van der Waals surface area contributed by atoms with E-state index >= 15 is 0 Å². The van der Waals surface area contributed by atoms with Crippen LogP contribution in [0.5, 0.6) is 0 Å². The first kappa shape index (κ1) is 14.1. The third-order valence-corrected chi connectivity index (χ3v) is 4.83. The smallest absolute Gasteiger partial charge is 0.0950 e. The fourth-order valence-electron chi connectivity index (χ4n) is 3.51. The van der Waals surface area contributed by atoms with Gasteiger partial charge in [0.2, 0.25) is 0 Å². The number of nitrogens with zero attached hydrogens (tertiary/aromatic N) is 1. The van der Waals surface area contributed by atoms with Crippen LogP contribution in [0, 0.1) is 0 Å². The van der Waals surface area contributed by atoms with Crippen molar-refractivity contribution < 1.29 is 9.84 Å². The number of aliphatic hydroxyl groups is 1. The highest BCUT2D eigenvalue weighted by Gasteiger charge is 2.29. The molecule has 1 heterocycles. The molecule has 3 rings (SSSR count). The van der Waals surface area contributed by atoms with Crippen LogP contribution in [0.25, 0.3) is 0 Å². The molecule has 0 radical (unpaired) electrons. The minimum Gasteiger partial charge on any atom is -0.389 e. The van der Waals surface area contributed by atoms with Crippen molar-refractivity contribution >= 4 is 0 Å². The SMILES string of the molecule is CN(Cc1ccc(C2CCCC2)cc1)[C@@H]1COC[C@H]1O. The molecule has 1 saturated carbocycles. The minimum atomic E-state index is -0.349. The van der Waals surface area contributed by atoms with E-state index in [-0.39, 0.29) is 12.1 Å². The average Bonchev–Trinajstić information content (AvgIpc) is 3.10. The summed E-state index contributed by atoms with van der Waals surface area (Å²) in [5.74, 6) is 0.784. The van der Waals surface area contributed by atoms with Crippen molar-refractivity contribution in [3.05, 3.63) is 35.4 Å². The van der Waals surface area contributed by atoms with Crippen molar-refractivity contribution in [3.8, 4) is 0 Å². The van der Waals surface area contributed by atoms with Crippen LogP contribution in [0.4, 0.5) is 0 Å². The van der Waals surface area contributed by atoms with Gasteiger partial charge in [-0.05, 0) is 36.9 Å². The van der Waals surface area contributed by atoms with Crippen LogP contribution in [0.1, 0.15) is 42.7 Å². The lowest BCUT2D eigenvalue weighted by molar-refractivity contribution is 0.0925. The molecule has 0 aromatic heterocycles. The zero-order valence-corrected chi connectivity index (χ0v) is 12.3. The molecule has 20 heavy (non-hydrogen) atoms. The van der Waals surface area contributed by atoms with E-state index in [0.717, 1.165) is 12.5 Å². The number of rotatable bonds is 4. The highest BCUT2D eigenvalue weighted by molar-refractivity contribution is 5.26. The summed E-state index contributed by atoms with van der Waals surface area (Å²) in [5, 5.41) is 9.86. The second kappa shape index (κ2) is 6.25. The maximum Gasteiger partial charge on any atom is 0.0950 e. The van der Waals surface area contributed by atoms with Gasteiger partial charge in [0, 0.05) is 6.54 Å². The molecule has 1 aliphatic carbocycles. The van der Waals surface area contributed by atoms with Crippen LogP contribution in [0.2, 0.25) is 0 Å². The predicted octanol–water partition coefficient (Wildman–Crippen LogP) is 2.54. The summed E-state index contributed by atoms with van der Waals surface area (Å²) in [6.07, 6.45) is 5.12. The highest BCUT2D eigenvalue weighted by atomic mass is 16.5. The summed E-state index contributed by atoms with van der Waals surface area (Å²) in [7, 11) is 2.06. The first-order chi connectivity index (χ1) is 9.74. The Bertz CT molecular complexity index is 425. The van der Waals surface area contributed by atoms with E-state index in [1.54, 1.807) is 0 Å². The predicted molar refractivity (Wildman–Crippen MR) is 79.7 cm³/mol. The summed E-state index contributed by atoms with van der Waals surface area (Å²) in [6, 6.07) is 9.20. The number of hydrogen-bond donors (Lipinski definition) is 1. The third kappa shape index (κ3) is 3.05. The topological polar surface area (TPSA) is 32.7 Å². The van der Waals surface area contributed by atoms with Crippen LogP contribution >= 0.6 is 0 Å². The van der Waals surface area contributed by atoms with Gasteiger partial charge >= 0.3 is 0 Å². The van der Waals surface area contributed by atoms with Gasteiger partial charge in [0.15, 0.2) is 0 Å². The lowest BCUT2D eigenvalue weighted by atomic mass is 9.96. The van der Waals surface area contributed by atoms with Crippen LogP contribution in [0.15, 0.2) is 24.3 Å². The number of aliphatic hydroxyl groups excluding tert-OH is 1. The second-order valence-corrected chi connectivity index (χ2v) is 6.31. The van der Waals surface area contributed by atoms with Crippen molar-refractivity contribution in [2.75, 3.05) is 20.3 Å². The normalized spacial score (nSPS) is 27.6. The quantitative estimate of drug-likeness (QED) is 0.916. The Morgan fingerprint density at radius 3 is 2.45 bits per heavy atom. The van der Waals surface area contributed by atoms with Crippen LogP contribution in [-0.4, -0.2) is 42.4 Å². The first-order valence-electron chi connectivity index (χ1n) is 7.79. The van der Waals surface area contributed by atoms with E-state index in [1.165, 1.54) is 36.8 Å². The molecule has 0 amide bonds. The van der Waals surface area contributed by atoms with E-state index in [0.29, 0.717) is 13.2 Å². The van der Waals surface area contributed by atoms with E-state index in [2.05, 4.69) is 36.2 Å². The Morgan fingerprint density at radius 1 is 1.15 bits per heavy atom. The van der Waals surface area contributed by atoms with E-state index in [9.17, 15) is 5.11 Å². The van der Waals surface area contributed by atoms with Crippen LogP contribution < -0.4 is 0 Å². The molecular formula is C17H25NO2. The molecule has 1 aromatic rings.